The summed E-state index contributed by atoms with van der Waals surface area (Å²) in [6, 6.07) is 7.54. The maximum Gasteiger partial charge on any atom is 0.119 e. The first-order valence-electron chi connectivity index (χ1n) is 7.21. The van der Waals surface area contributed by atoms with Gasteiger partial charge in [-0.15, -0.1) is 0 Å². The number of aliphatic hydroxyl groups excluding tert-OH is 2. The third-order valence-corrected chi connectivity index (χ3v) is 4.12. The van der Waals surface area contributed by atoms with E-state index < -0.39 is 6.10 Å². The lowest BCUT2D eigenvalue weighted by molar-refractivity contribution is 0.0564. The summed E-state index contributed by atoms with van der Waals surface area (Å²) in [7, 11) is 1.63. The fourth-order valence-corrected chi connectivity index (χ4v) is 2.91. The van der Waals surface area contributed by atoms with E-state index in [2.05, 4.69) is 0 Å². The van der Waals surface area contributed by atoms with Crippen molar-refractivity contribution in [2.75, 3.05) is 7.11 Å². The molecule has 3 unspecified atom stereocenters. The van der Waals surface area contributed by atoms with Gasteiger partial charge in [0, 0.05) is 0 Å². The van der Waals surface area contributed by atoms with Crippen LogP contribution >= 0.6 is 0 Å². The molecule has 3 heteroatoms. The quantitative estimate of drug-likeness (QED) is 0.822. The van der Waals surface area contributed by atoms with Crippen molar-refractivity contribution in [2.24, 2.45) is 5.92 Å². The van der Waals surface area contributed by atoms with Gasteiger partial charge in [0.2, 0.25) is 0 Å². The molecule has 1 aliphatic rings. The molecule has 1 aromatic carbocycles. The number of ether oxygens (including phenoxy) is 1. The van der Waals surface area contributed by atoms with E-state index in [0.29, 0.717) is 6.42 Å². The van der Waals surface area contributed by atoms with E-state index in [9.17, 15) is 10.2 Å². The van der Waals surface area contributed by atoms with Crippen LogP contribution in [0.3, 0.4) is 0 Å². The van der Waals surface area contributed by atoms with E-state index in [4.69, 9.17) is 4.74 Å². The summed E-state index contributed by atoms with van der Waals surface area (Å²) < 4.78 is 5.18. The van der Waals surface area contributed by atoms with E-state index in [1.165, 1.54) is 6.42 Å². The highest BCUT2D eigenvalue weighted by molar-refractivity contribution is 5.29. The Labute approximate surface area is 115 Å². The Morgan fingerprint density at radius 3 is 2.84 bits per heavy atom. The smallest absolute Gasteiger partial charge is 0.119 e. The Morgan fingerprint density at radius 2 is 2.05 bits per heavy atom. The molecule has 0 aliphatic heterocycles. The van der Waals surface area contributed by atoms with Gasteiger partial charge in [-0.05, 0) is 42.9 Å². The Balaban J connectivity index is 2.00. The first-order valence-corrected chi connectivity index (χ1v) is 7.21. The minimum Gasteiger partial charge on any atom is -0.497 e. The fourth-order valence-electron chi connectivity index (χ4n) is 2.91. The number of aliphatic hydroxyl groups is 2. The first kappa shape index (κ1) is 14.4. The molecule has 1 aliphatic carbocycles. The Kier molecular flexibility index (Phi) is 5.23. The van der Waals surface area contributed by atoms with Crippen molar-refractivity contribution in [3.8, 4) is 5.75 Å². The molecule has 0 amide bonds. The average molecular weight is 264 g/mol. The van der Waals surface area contributed by atoms with Crippen LogP contribution in [0.25, 0.3) is 0 Å². The fraction of sp³-hybridized carbons (Fsp3) is 0.625. The molecule has 1 fully saturated rings. The van der Waals surface area contributed by atoms with Crippen LogP contribution in [0.2, 0.25) is 0 Å². The molecule has 0 bridgehead atoms. The van der Waals surface area contributed by atoms with Crippen LogP contribution in [0.15, 0.2) is 24.3 Å². The van der Waals surface area contributed by atoms with E-state index >= 15 is 0 Å². The largest absolute Gasteiger partial charge is 0.497 e. The predicted octanol–water partition coefficient (Wildman–Crippen LogP) is 3.06. The van der Waals surface area contributed by atoms with Gasteiger partial charge in [-0.2, -0.15) is 0 Å². The molecule has 0 saturated heterocycles. The molecule has 19 heavy (non-hydrogen) atoms. The van der Waals surface area contributed by atoms with Crippen LogP contribution < -0.4 is 4.74 Å². The lowest BCUT2D eigenvalue weighted by Gasteiger charge is -2.23. The van der Waals surface area contributed by atoms with E-state index in [1.54, 1.807) is 7.11 Å². The Bertz CT molecular complexity index is 391. The molecule has 2 rings (SSSR count). The Morgan fingerprint density at radius 1 is 1.26 bits per heavy atom. The molecule has 0 aromatic heterocycles. The van der Waals surface area contributed by atoms with Crippen molar-refractivity contribution >= 4 is 0 Å². The standard InChI is InChI=1S/C16H24O3/c1-19-14-8-5-7-12(10-14)16(18)11-13-6-3-2-4-9-15(13)17/h5,7-8,10,13,15-18H,2-4,6,9,11H2,1H3. The molecule has 1 saturated carbocycles. The second kappa shape index (κ2) is 6.92. The van der Waals surface area contributed by atoms with Crippen LogP contribution in [0.4, 0.5) is 0 Å². The lowest BCUT2D eigenvalue weighted by atomic mass is 9.89. The highest BCUT2D eigenvalue weighted by Gasteiger charge is 2.24. The van der Waals surface area contributed by atoms with Crippen LogP contribution in [-0.2, 0) is 0 Å². The average Bonchev–Trinajstić information content (AvgIpc) is 2.64. The van der Waals surface area contributed by atoms with Gasteiger partial charge in [-0.3, -0.25) is 0 Å². The van der Waals surface area contributed by atoms with Gasteiger partial charge in [-0.1, -0.05) is 31.4 Å². The molecule has 106 valence electrons. The second-order valence-electron chi connectivity index (χ2n) is 5.49. The van der Waals surface area contributed by atoms with E-state index in [0.717, 1.165) is 37.0 Å². The summed E-state index contributed by atoms with van der Waals surface area (Å²) in [5.74, 6) is 0.974. The van der Waals surface area contributed by atoms with Gasteiger partial charge in [0.1, 0.15) is 5.75 Å². The van der Waals surface area contributed by atoms with Gasteiger partial charge in [-0.25, -0.2) is 0 Å². The second-order valence-corrected chi connectivity index (χ2v) is 5.49. The van der Waals surface area contributed by atoms with E-state index in [-0.39, 0.29) is 12.0 Å². The van der Waals surface area contributed by atoms with Crippen molar-refractivity contribution in [3.63, 3.8) is 0 Å². The van der Waals surface area contributed by atoms with Crippen LogP contribution in [-0.4, -0.2) is 23.4 Å². The van der Waals surface area contributed by atoms with Crippen molar-refractivity contribution < 1.29 is 14.9 Å². The van der Waals surface area contributed by atoms with E-state index in [1.807, 2.05) is 24.3 Å². The number of hydrogen-bond donors (Lipinski definition) is 2. The molecule has 0 radical (unpaired) electrons. The van der Waals surface area contributed by atoms with Crippen LogP contribution in [0.1, 0.15) is 50.2 Å². The third kappa shape index (κ3) is 3.95. The van der Waals surface area contributed by atoms with Gasteiger partial charge in [0.25, 0.3) is 0 Å². The number of hydrogen-bond acceptors (Lipinski definition) is 3. The zero-order valence-corrected chi connectivity index (χ0v) is 11.6. The van der Waals surface area contributed by atoms with Gasteiger partial charge >= 0.3 is 0 Å². The number of methoxy groups -OCH3 is 1. The SMILES string of the molecule is COc1cccc(C(O)CC2CCCCCC2O)c1. The molecule has 2 N–H and O–H groups in total. The van der Waals surface area contributed by atoms with Crippen molar-refractivity contribution in [1.82, 2.24) is 0 Å². The summed E-state index contributed by atoms with van der Waals surface area (Å²) in [6.07, 6.45) is 5.20. The Hall–Kier alpha value is -1.06. The highest BCUT2D eigenvalue weighted by atomic mass is 16.5. The molecule has 3 atom stereocenters. The predicted molar refractivity (Wildman–Crippen MR) is 75.2 cm³/mol. The summed E-state index contributed by atoms with van der Waals surface area (Å²) in [5, 5.41) is 20.4. The monoisotopic (exact) mass is 264 g/mol. The molecular weight excluding hydrogens is 240 g/mol. The molecule has 3 nitrogen and oxygen atoms in total. The summed E-state index contributed by atoms with van der Waals surface area (Å²) >= 11 is 0. The summed E-state index contributed by atoms with van der Waals surface area (Å²) in [5.41, 5.74) is 0.871. The van der Waals surface area contributed by atoms with Gasteiger partial charge in [0.15, 0.2) is 0 Å². The van der Waals surface area contributed by atoms with Crippen LogP contribution in [0.5, 0.6) is 5.75 Å². The maximum atomic E-state index is 10.3. The van der Waals surface area contributed by atoms with Gasteiger partial charge < -0.3 is 14.9 Å². The molecule has 1 aromatic rings. The minimum atomic E-state index is -0.521. The zero-order valence-electron chi connectivity index (χ0n) is 11.6. The lowest BCUT2D eigenvalue weighted by Crippen LogP contribution is -2.21. The topological polar surface area (TPSA) is 49.7 Å². The zero-order chi connectivity index (χ0) is 13.7. The van der Waals surface area contributed by atoms with Crippen molar-refractivity contribution in [2.45, 2.75) is 50.7 Å². The third-order valence-electron chi connectivity index (χ3n) is 4.12. The van der Waals surface area contributed by atoms with Crippen molar-refractivity contribution in [3.05, 3.63) is 29.8 Å². The first-order chi connectivity index (χ1) is 9.20. The van der Waals surface area contributed by atoms with Crippen LogP contribution in [0, 0.1) is 5.92 Å². The summed E-state index contributed by atoms with van der Waals surface area (Å²) in [6.45, 7) is 0. The molecule has 0 spiro atoms. The normalized spacial score (nSPS) is 25.6. The highest BCUT2D eigenvalue weighted by Crippen LogP contribution is 2.32. The van der Waals surface area contributed by atoms with Crippen molar-refractivity contribution in [1.29, 1.82) is 0 Å². The maximum absolute atomic E-state index is 10.3. The molecule has 0 heterocycles. The number of benzene rings is 1. The number of rotatable bonds is 4. The summed E-state index contributed by atoms with van der Waals surface area (Å²) in [4.78, 5) is 0. The minimum absolute atomic E-state index is 0.212. The van der Waals surface area contributed by atoms with Gasteiger partial charge in [0.05, 0.1) is 19.3 Å². The molecular formula is C16H24O3.